The highest BCUT2D eigenvalue weighted by Crippen LogP contribution is 2.16. The summed E-state index contributed by atoms with van der Waals surface area (Å²) in [5.74, 6) is -0.163. The summed E-state index contributed by atoms with van der Waals surface area (Å²) in [5.41, 5.74) is 1.54. The molecule has 1 aromatic heterocycles. The number of pyridine rings is 1. The van der Waals surface area contributed by atoms with Gasteiger partial charge in [-0.1, -0.05) is 0 Å². The maximum atomic E-state index is 12.7. The number of rotatable bonds is 3. The summed E-state index contributed by atoms with van der Waals surface area (Å²) in [7, 11) is 5.29. The van der Waals surface area contributed by atoms with Crippen LogP contribution in [0.3, 0.4) is 0 Å². The molecule has 0 spiro atoms. The fourth-order valence-corrected chi connectivity index (χ4v) is 2.70. The first-order valence-corrected chi connectivity index (χ1v) is 7.60. The fraction of sp³-hybridized carbons (Fsp3) is 0.562. The minimum atomic E-state index is -0.157. The van der Waals surface area contributed by atoms with E-state index < -0.39 is 0 Å². The molecule has 120 valence electrons. The summed E-state index contributed by atoms with van der Waals surface area (Å²) in [6.07, 6.45) is 2.09. The number of hydrogen-bond acceptors (Lipinski definition) is 4. The molecule has 6 nitrogen and oxygen atoms in total. The Morgan fingerprint density at radius 2 is 2.09 bits per heavy atom. The van der Waals surface area contributed by atoms with Crippen molar-refractivity contribution in [2.45, 2.75) is 25.8 Å². The monoisotopic (exact) mass is 304 g/mol. The van der Waals surface area contributed by atoms with Gasteiger partial charge in [-0.25, -0.2) is 4.98 Å². The van der Waals surface area contributed by atoms with Crippen LogP contribution in [0.4, 0.5) is 0 Å². The van der Waals surface area contributed by atoms with Gasteiger partial charge < -0.3 is 15.1 Å². The van der Waals surface area contributed by atoms with E-state index in [0.717, 1.165) is 19.4 Å². The Balaban J connectivity index is 2.18. The van der Waals surface area contributed by atoms with Gasteiger partial charge in [-0.05, 0) is 38.9 Å². The quantitative estimate of drug-likeness (QED) is 0.902. The molecule has 1 fully saturated rings. The zero-order chi connectivity index (χ0) is 16.3. The van der Waals surface area contributed by atoms with Gasteiger partial charge in [-0.2, -0.15) is 0 Å². The molecule has 0 aliphatic carbocycles. The summed E-state index contributed by atoms with van der Waals surface area (Å²) in [6, 6.07) is 3.69. The zero-order valence-corrected chi connectivity index (χ0v) is 13.7. The Morgan fingerprint density at radius 3 is 2.68 bits per heavy atom. The Labute approximate surface area is 131 Å². The van der Waals surface area contributed by atoms with E-state index in [1.807, 2.05) is 11.9 Å². The first-order chi connectivity index (χ1) is 10.4. The summed E-state index contributed by atoms with van der Waals surface area (Å²) in [4.78, 5) is 32.2. The van der Waals surface area contributed by atoms with Gasteiger partial charge in [-0.15, -0.1) is 0 Å². The average Bonchev–Trinajstić information content (AvgIpc) is 2.53. The Morgan fingerprint density at radius 1 is 1.36 bits per heavy atom. The number of aromatic nitrogens is 1. The molecule has 1 aromatic rings. The number of piperidine rings is 1. The second-order valence-corrected chi connectivity index (χ2v) is 5.91. The Kier molecular flexibility index (Phi) is 5.13. The molecular weight excluding hydrogens is 280 g/mol. The van der Waals surface area contributed by atoms with Crippen LogP contribution < -0.4 is 5.32 Å². The number of likely N-dealkylation sites (N-methyl/N-ethyl adjacent to an activating group) is 1. The second-order valence-electron chi connectivity index (χ2n) is 5.91. The third kappa shape index (κ3) is 3.44. The van der Waals surface area contributed by atoms with E-state index in [2.05, 4.69) is 10.3 Å². The lowest BCUT2D eigenvalue weighted by Gasteiger charge is -2.32. The number of amides is 2. The van der Waals surface area contributed by atoms with Gasteiger partial charge in [0.1, 0.15) is 5.69 Å². The summed E-state index contributed by atoms with van der Waals surface area (Å²) in [6.45, 7) is 3.27. The van der Waals surface area contributed by atoms with Gasteiger partial charge in [0, 0.05) is 33.2 Å². The van der Waals surface area contributed by atoms with Crippen molar-refractivity contribution in [1.29, 1.82) is 0 Å². The van der Waals surface area contributed by atoms with Crippen LogP contribution >= 0.6 is 0 Å². The van der Waals surface area contributed by atoms with Gasteiger partial charge in [-0.3, -0.25) is 9.59 Å². The standard InChI is InChI=1S/C16H24N4O2/c1-11-13(7-8-14(18-11)16(22)19(3)4)15(21)20-9-5-6-12(10-20)17-2/h7-8,12,17H,5-6,9-10H2,1-4H3. The highest BCUT2D eigenvalue weighted by Gasteiger charge is 2.25. The van der Waals surface area contributed by atoms with Crippen LogP contribution in [-0.4, -0.2) is 66.9 Å². The lowest BCUT2D eigenvalue weighted by Crippen LogP contribution is -2.47. The Bertz CT molecular complexity index is 571. The molecule has 22 heavy (non-hydrogen) atoms. The van der Waals surface area contributed by atoms with E-state index in [1.54, 1.807) is 33.2 Å². The van der Waals surface area contributed by atoms with E-state index >= 15 is 0 Å². The molecule has 1 aliphatic heterocycles. The first-order valence-electron chi connectivity index (χ1n) is 7.60. The van der Waals surface area contributed by atoms with Crippen molar-refractivity contribution < 1.29 is 9.59 Å². The molecule has 0 saturated carbocycles. The molecule has 0 aromatic carbocycles. The minimum absolute atomic E-state index is 0.00574. The molecule has 1 N–H and O–H groups in total. The number of aryl methyl sites for hydroxylation is 1. The number of hydrogen-bond donors (Lipinski definition) is 1. The van der Waals surface area contributed by atoms with Gasteiger partial charge in [0.15, 0.2) is 0 Å². The van der Waals surface area contributed by atoms with Crippen molar-refractivity contribution in [3.63, 3.8) is 0 Å². The number of likely N-dealkylation sites (tertiary alicyclic amines) is 1. The van der Waals surface area contributed by atoms with Gasteiger partial charge in [0.05, 0.1) is 11.3 Å². The molecule has 1 atom stereocenters. The normalized spacial score (nSPS) is 18.2. The predicted octanol–water partition coefficient (Wildman–Crippen LogP) is 0.916. The molecule has 0 bridgehead atoms. The molecule has 2 heterocycles. The van der Waals surface area contributed by atoms with Crippen LogP contribution in [0.5, 0.6) is 0 Å². The van der Waals surface area contributed by atoms with Crippen molar-refractivity contribution in [3.8, 4) is 0 Å². The van der Waals surface area contributed by atoms with E-state index in [9.17, 15) is 9.59 Å². The van der Waals surface area contributed by atoms with Gasteiger partial charge in [0.2, 0.25) is 0 Å². The molecule has 6 heteroatoms. The van der Waals surface area contributed by atoms with Gasteiger partial charge in [0.25, 0.3) is 11.8 Å². The largest absolute Gasteiger partial charge is 0.343 e. The lowest BCUT2D eigenvalue weighted by atomic mass is 10.0. The lowest BCUT2D eigenvalue weighted by molar-refractivity contribution is 0.0695. The third-order valence-corrected chi connectivity index (χ3v) is 4.06. The van der Waals surface area contributed by atoms with Gasteiger partial charge >= 0.3 is 0 Å². The van der Waals surface area contributed by atoms with E-state index in [0.29, 0.717) is 29.5 Å². The van der Waals surface area contributed by atoms with Crippen LogP contribution in [0, 0.1) is 6.92 Å². The van der Waals surface area contributed by atoms with E-state index in [1.165, 1.54) is 4.90 Å². The SMILES string of the molecule is CNC1CCCN(C(=O)c2ccc(C(=O)N(C)C)nc2C)C1. The summed E-state index contributed by atoms with van der Waals surface area (Å²) < 4.78 is 0. The maximum absolute atomic E-state index is 12.7. The van der Waals surface area contributed by atoms with Crippen LogP contribution in [0.2, 0.25) is 0 Å². The molecule has 2 amide bonds. The van der Waals surface area contributed by atoms with E-state index in [-0.39, 0.29) is 11.8 Å². The molecule has 0 radical (unpaired) electrons. The second kappa shape index (κ2) is 6.87. The van der Waals surface area contributed by atoms with Crippen molar-refractivity contribution >= 4 is 11.8 Å². The third-order valence-electron chi connectivity index (χ3n) is 4.06. The highest BCUT2D eigenvalue weighted by atomic mass is 16.2. The highest BCUT2D eigenvalue weighted by molar-refractivity contribution is 5.97. The molecule has 2 rings (SSSR count). The number of nitrogens with zero attached hydrogens (tertiary/aromatic N) is 3. The minimum Gasteiger partial charge on any atom is -0.343 e. The smallest absolute Gasteiger partial charge is 0.271 e. The number of carbonyl (C=O) groups is 2. The van der Waals surface area contributed by atoms with Crippen LogP contribution in [0.1, 0.15) is 39.4 Å². The summed E-state index contributed by atoms with van der Waals surface area (Å²) in [5, 5.41) is 3.23. The zero-order valence-electron chi connectivity index (χ0n) is 13.7. The van der Waals surface area contributed by atoms with Crippen LogP contribution in [0.15, 0.2) is 12.1 Å². The molecule has 1 aliphatic rings. The van der Waals surface area contributed by atoms with Crippen molar-refractivity contribution in [2.75, 3.05) is 34.2 Å². The predicted molar refractivity (Wildman–Crippen MR) is 85.0 cm³/mol. The van der Waals surface area contributed by atoms with Crippen molar-refractivity contribution in [1.82, 2.24) is 20.1 Å². The first kappa shape index (κ1) is 16.4. The molecule has 1 saturated heterocycles. The average molecular weight is 304 g/mol. The summed E-state index contributed by atoms with van der Waals surface area (Å²) >= 11 is 0. The van der Waals surface area contributed by atoms with E-state index in [4.69, 9.17) is 0 Å². The van der Waals surface area contributed by atoms with Crippen LogP contribution in [-0.2, 0) is 0 Å². The number of carbonyl (C=O) groups excluding carboxylic acids is 2. The fourth-order valence-electron chi connectivity index (χ4n) is 2.70. The van der Waals surface area contributed by atoms with Crippen molar-refractivity contribution in [3.05, 3.63) is 29.1 Å². The number of nitrogens with one attached hydrogen (secondary N) is 1. The molecule has 1 unspecified atom stereocenters. The Hall–Kier alpha value is -1.95. The topological polar surface area (TPSA) is 65.5 Å². The van der Waals surface area contributed by atoms with Crippen LogP contribution in [0.25, 0.3) is 0 Å². The molecular formula is C16H24N4O2. The maximum Gasteiger partial charge on any atom is 0.271 e. The van der Waals surface area contributed by atoms with Crippen molar-refractivity contribution in [2.24, 2.45) is 0 Å².